The van der Waals surface area contributed by atoms with E-state index in [1.807, 2.05) is 60.7 Å². The fourth-order valence-corrected chi connectivity index (χ4v) is 11.1. The summed E-state index contributed by atoms with van der Waals surface area (Å²) in [5.74, 6) is 0. The molecule has 1 nitrogen and oxygen atoms in total. The van der Waals surface area contributed by atoms with E-state index in [-0.39, 0.29) is 0 Å². The van der Waals surface area contributed by atoms with Crippen LogP contribution in [0.25, 0.3) is 63.3 Å². The minimum absolute atomic E-state index is 0.857. The number of fused-ring (bicyclic) bond motifs is 11. The fraction of sp³-hybridized carbons (Fsp3) is 0. The molecule has 0 spiro atoms. The Morgan fingerprint density at radius 3 is 1.37 bits per heavy atom. The smallest absolute Gasteiger partial charge is 0.171 e. The van der Waals surface area contributed by atoms with Crippen LogP contribution < -0.4 is 15.9 Å². The van der Waals surface area contributed by atoms with Gasteiger partial charge in [-0.2, -0.15) is 0 Å². The molecule has 43 heavy (non-hydrogen) atoms. The molecule has 9 rings (SSSR count). The molecule has 0 saturated carbocycles. The van der Waals surface area contributed by atoms with Crippen LogP contribution in [0.3, 0.4) is 0 Å². The summed E-state index contributed by atoms with van der Waals surface area (Å²) in [7, 11) is -3.17. The largest absolute Gasteiger partial charge is 0.309 e. The fourth-order valence-electron chi connectivity index (χ4n) is 6.98. The third-order valence-corrected chi connectivity index (χ3v) is 13.1. The molecule has 0 aliphatic rings. The van der Waals surface area contributed by atoms with E-state index >= 15 is 4.57 Å². The van der Waals surface area contributed by atoms with Crippen LogP contribution in [0, 0.1) is 0 Å². The SMILES string of the molecule is O=P(c1ccccc1)(c1ccccc1)c1cc2sc3cc4c5ccccc5c5ccccc5c4cc3c2c2ccccc12. The molecule has 202 valence electrons. The van der Waals surface area contributed by atoms with Crippen LogP contribution in [-0.4, -0.2) is 0 Å². The summed E-state index contributed by atoms with van der Waals surface area (Å²) in [6.07, 6.45) is 0. The van der Waals surface area contributed by atoms with E-state index in [1.165, 1.54) is 52.5 Å². The summed E-state index contributed by atoms with van der Waals surface area (Å²) in [6, 6.07) is 53.0. The molecule has 0 aliphatic heterocycles. The maximum atomic E-state index is 15.6. The predicted octanol–water partition coefficient (Wildman–Crippen LogP) is 10.3. The molecular weight excluding hydrogens is 559 g/mol. The third-order valence-electron chi connectivity index (χ3n) is 8.90. The van der Waals surface area contributed by atoms with Crippen molar-refractivity contribution in [1.29, 1.82) is 0 Å². The highest BCUT2D eigenvalue weighted by Gasteiger charge is 2.32. The minimum Gasteiger partial charge on any atom is -0.309 e. The van der Waals surface area contributed by atoms with Gasteiger partial charge in [0.15, 0.2) is 7.14 Å². The number of rotatable bonds is 3. The Morgan fingerprint density at radius 1 is 0.372 bits per heavy atom. The molecule has 0 N–H and O–H groups in total. The Balaban J connectivity index is 1.44. The van der Waals surface area contributed by atoms with Gasteiger partial charge in [0.25, 0.3) is 0 Å². The molecule has 0 fully saturated rings. The summed E-state index contributed by atoms with van der Waals surface area (Å²) >= 11 is 1.80. The van der Waals surface area contributed by atoms with E-state index in [1.54, 1.807) is 11.3 Å². The first kappa shape index (κ1) is 24.8. The zero-order valence-corrected chi connectivity index (χ0v) is 24.9. The quantitative estimate of drug-likeness (QED) is 0.149. The molecule has 0 saturated heterocycles. The van der Waals surface area contributed by atoms with Gasteiger partial charge in [0.05, 0.1) is 0 Å². The van der Waals surface area contributed by atoms with Gasteiger partial charge in [-0.3, -0.25) is 0 Å². The minimum atomic E-state index is -3.17. The van der Waals surface area contributed by atoms with Gasteiger partial charge < -0.3 is 4.57 Å². The van der Waals surface area contributed by atoms with E-state index in [9.17, 15) is 0 Å². The van der Waals surface area contributed by atoms with Gasteiger partial charge in [-0.05, 0) is 61.3 Å². The highest BCUT2D eigenvalue weighted by molar-refractivity contribution is 7.85. The van der Waals surface area contributed by atoms with E-state index in [0.29, 0.717) is 0 Å². The lowest BCUT2D eigenvalue weighted by molar-refractivity contribution is 0.592. The average Bonchev–Trinajstić information content (AvgIpc) is 3.45. The standard InChI is InChI=1S/C40H25OPS/c41-42(26-13-3-1-4-14-26,27-15-5-2-6-16-27)37-25-39-40(33-22-12-11-21-32(33)37)36-23-34-30-19-9-7-17-28(30)29-18-8-10-20-31(29)35(34)24-38(36)43-39/h1-25H. The zero-order valence-electron chi connectivity index (χ0n) is 23.2. The van der Waals surface area contributed by atoms with Gasteiger partial charge in [0.2, 0.25) is 0 Å². The molecule has 0 amide bonds. The molecule has 9 aromatic rings. The van der Waals surface area contributed by atoms with Crippen molar-refractivity contribution in [2.24, 2.45) is 0 Å². The van der Waals surface area contributed by atoms with E-state index in [0.717, 1.165) is 26.7 Å². The van der Waals surface area contributed by atoms with Crippen molar-refractivity contribution < 1.29 is 4.57 Å². The lowest BCUT2D eigenvalue weighted by atomic mass is 9.93. The molecular formula is C40H25OPS. The summed E-state index contributed by atoms with van der Waals surface area (Å²) in [4.78, 5) is 0. The summed E-state index contributed by atoms with van der Waals surface area (Å²) in [6.45, 7) is 0. The Kier molecular flexibility index (Phi) is 5.41. The highest BCUT2D eigenvalue weighted by atomic mass is 32.1. The van der Waals surface area contributed by atoms with Gasteiger partial charge in [-0.25, -0.2) is 0 Å². The molecule has 0 bridgehead atoms. The van der Waals surface area contributed by atoms with Crippen LogP contribution in [0.2, 0.25) is 0 Å². The molecule has 8 aromatic carbocycles. The second-order valence-electron chi connectivity index (χ2n) is 11.2. The summed E-state index contributed by atoms with van der Waals surface area (Å²) < 4.78 is 18.0. The van der Waals surface area contributed by atoms with Crippen LogP contribution in [0.15, 0.2) is 152 Å². The lowest BCUT2D eigenvalue weighted by Crippen LogP contribution is -2.25. The van der Waals surface area contributed by atoms with Crippen LogP contribution in [0.1, 0.15) is 0 Å². The van der Waals surface area contributed by atoms with Crippen LogP contribution in [0.5, 0.6) is 0 Å². The third kappa shape index (κ3) is 3.55. The van der Waals surface area contributed by atoms with Gasteiger partial charge >= 0.3 is 0 Å². The lowest BCUT2D eigenvalue weighted by Gasteiger charge is -2.22. The Hall–Kier alpha value is -4.75. The van der Waals surface area contributed by atoms with Gasteiger partial charge in [0.1, 0.15) is 0 Å². The molecule has 3 heteroatoms. The van der Waals surface area contributed by atoms with Crippen molar-refractivity contribution in [1.82, 2.24) is 0 Å². The summed E-state index contributed by atoms with van der Waals surface area (Å²) in [5.41, 5.74) is 0. The number of benzene rings is 8. The van der Waals surface area contributed by atoms with E-state index in [2.05, 4.69) is 91.0 Å². The molecule has 0 unspecified atom stereocenters. The Labute approximate surface area is 253 Å². The van der Waals surface area contributed by atoms with E-state index in [4.69, 9.17) is 0 Å². The van der Waals surface area contributed by atoms with Crippen LogP contribution in [0.4, 0.5) is 0 Å². The normalized spacial score (nSPS) is 12.3. The zero-order chi connectivity index (χ0) is 28.5. The molecule has 1 aromatic heterocycles. The highest BCUT2D eigenvalue weighted by Crippen LogP contribution is 2.49. The molecule has 0 atom stereocenters. The number of hydrogen-bond donors (Lipinski definition) is 0. The Morgan fingerprint density at radius 2 is 0.814 bits per heavy atom. The van der Waals surface area contributed by atoms with Crippen molar-refractivity contribution in [3.8, 4) is 0 Å². The van der Waals surface area contributed by atoms with Crippen LogP contribution >= 0.6 is 18.5 Å². The first-order valence-electron chi connectivity index (χ1n) is 14.5. The first-order valence-corrected chi connectivity index (χ1v) is 17.1. The average molecular weight is 585 g/mol. The number of hydrogen-bond acceptors (Lipinski definition) is 2. The first-order chi connectivity index (χ1) is 21.2. The van der Waals surface area contributed by atoms with Crippen molar-refractivity contribution in [3.05, 3.63) is 152 Å². The van der Waals surface area contributed by atoms with Gasteiger partial charge in [0, 0.05) is 36.1 Å². The second-order valence-corrected chi connectivity index (χ2v) is 15.0. The van der Waals surface area contributed by atoms with Gasteiger partial charge in [-0.1, -0.05) is 133 Å². The maximum Gasteiger partial charge on any atom is 0.171 e. The summed E-state index contributed by atoms with van der Waals surface area (Å²) in [5, 5.41) is 15.0. The van der Waals surface area contributed by atoms with Crippen molar-refractivity contribution in [2.45, 2.75) is 0 Å². The topological polar surface area (TPSA) is 17.1 Å². The predicted molar refractivity (Wildman–Crippen MR) is 189 cm³/mol. The molecule has 0 aliphatic carbocycles. The Bertz CT molecular complexity index is 2540. The monoisotopic (exact) mass is 584 g/mol. The maximum absolute atomic E-state index is 15.6. The number of thiophene rings is 1. The molecule has 0 radical (unpaired) electrons. The van der Waals surface area contributed by atoms with Gasteiger partial charge in [-0.15, -0.1) is 11.3 Å². The van der Waals surface area contributed by atoms with Crippen molar-refractivity contribution in [2.75, 3.05) is 0 Å². The van der Waals surface area contributed by atoms with Crippen molar-refractivity contribution >= 4 is 97.7 Å². The molecule has 1 heterocycles. The second kappa shape index (κ2) is 9.38. The van der Waals surface area contributed by atoms with Crippen molar-refractivity contribution in [3.63, 3.8) is 0 Å². The van der Waals surface area contributed by atoms with E-state index < -0.39 is 7.14 Å². The van der Waals surface area contributed by atoms with Crippen LogP contribution in [-0.2, 0) is 4.57 Å².